The smallest absolute Gasteiger partial charge is 0.00482 e. The molecule has 1 atom stereocenters. The summed E-state index contributed by atoms with van der Waals surface area (Å²) in [5, 5.41) is 3.54. The minimum absolute atomic E-state index is 0.373. The SMILES string of the molecule is CCC(N)CCNCC1C(C)(C)C1(C)C. The Labute approximate surface area is 95.0 Å². The average molecular weight is 212 g/mol. The first kappa shape index (κ1) is 13.0. The highest BCUT2D eigenvalue weighted by atomic mass is 14.9. The predicted molar refractivity (Wildman–Crippen MR) is 66.8 cm³/mol. The van der Waals surface area contributed by atoms with Crippen molar-refractivity contribution in [1.82, 2.24) is 5.32 Å². The Hall–Kier alpha value is -0.0800. The molecule has 1 aliphatic carbocycles. The van der Waals surface area contributed by atoms with Gasteiger partial charge in [0.1, 0.15) is 0 Å². The van der Waals surface area contributed by atoms with Crippen LogP contribution in [0.15, 0.2) is 0 Å². The molecule has 1 aliphatic rings. The number of nitrogens with two attached hydrogens (primary N) is 1. The molecule has 0 aliphatic heterocycles. The van der Waals surface area contributed by atoms with Crippen LogP contribution in [-0.4, -0.2) is 19.1 Å². The van der Waals surface area contributed by atoms with Crippen LogP contribution >= 0.6 is 0 Å². The van der Waals surface area contributed by atoms with E-state index in [2.05, 4.69) is 39.9 Å². The Morgan fingerprint density at radius 3 is 2.13 bits per heavy atom. The molecule has 0 aromatic carbocycles. The first-order valence-electron chi connectivity index (χ1n) is 6.30. The van der Waals surface area contributed by atoms with Crippen LogP contribution in [0, 0.1) is 16.7 Å². The Morgan fingerprint density at radius 1 is 1.20 bits per heavy atom. The third-order valence-corrected chi connectivity index (χ3v) is 4.88. The molecule has 1 saturated carbocycles. The fourth-order valence-electron chi connectivity index (χ4n) is 2.58. The minimum Gasteiger partial charge on any atom is -0.328 e. The summed E-state index contributed by atoms with van der Waals surface area (Å²) < 4.78 is 0. The maximum Gasteiger partial charge on any atom is 0.00482 e. The van der Waals surface area contributed by atoms with Gasteiger partial charge in [0.2, 0.25) is 0 Å². The van der Waals surface area contributed by atoms with Gasteiger partial charge in [-0.25, -0.2) is 0 Å². The number of nitrogens with one attached hydrogen (secondary N) is 1. The monoisotopic (exact) mass is 212 g/mol. The Morgan fingerprint density at radius 2 is 1.73 bits per heavy atom. The van der Waals surface area contributed by atoms with E-state index in [0.717, 1.165) is 31.8 Å². The summed E-state index contributed by atoms with van der Waals surface area (Å²) in [5.74, 6) is 0.822. The van der Waals surface area contributed by atoms with Gasteiger partial charge in [-0.05, 0) is 42.7 Å². The van der Waals surface area contributed by atoms with Crippen LogP contribution in [0.2, 0.25) is 0 Å². The molecule has 2 nitrogen and oxygen atoms in total. The molecule has 1 unspecified atom stereocenters. The largest absolute Gasteiger partial charge is 0.328 e. The molecule has 3 N–H and O–H groups in total. The molecular weight excluding hydrogens is 184 g/mol. The summed E-state index contributed by atoms with van der Waals surface area (Å²) in [6, 6.07) is 0.373. The topological polar surface area (TPSA) is 38.0 Å². The van der Waals surface area contributed by atoms with Crippen molar-refractivity contribution in [2.24, 2.45) is 22.5 Å². The van der Waals surface area contributed by atoms with E-state index in [1.54, 1.807) is 0 Å². The molecule has 90 valence electrons. The van der Waals surface area contributed by atoms with Crippen LogP contribution in [0.1, 0.15) is 47.5 Å². The van der Waals surface area contributed by atoms with Crippen molar-refractivity contribution >= 4 is 0 Å². The van der Waals surface area contributed by atoms with E-state index >= 15 is 0 Å². The molecule has 0 aromatic heterocycles. The number of hydrogen-bond acceptors (Lipinski definition) is 2. The Bertz CT molecular complexity index is 195. The van der Waals surface area contributed by atoms with E-state index in [0.29, 0.717) is 16.9 Å². The maximum atomic E-state index is 5.87. The lowest BCUT2D eigenvalue weighted by Gasteiger charge is -2.10. The van der Waals surface area contributed by atoms with Crippen LogP contribution in [-0.2, 0) is 0 Å². The molecule has 0 spiro atoms. The highest BCUT2D eigenvalue weighted by Gasteiger charge is 2.63. The van der Waals surface area contributed by atoms with Crippen molar-refractivity contribution in [3.05, 3.63) is 0 Å². The summed E-state index contributed by atoms with van der Waals surface area (Å²) in [6.07, 6.45) is 2.19. The van der Waals surface area contributed by atoms with Crippen molar-refractivity contribution in [2.75, 3.05) is 13.1 Å². The summed E-state index contributed by atoms with van der Waals surface area (Å²) in [5.41, 5.74) is 6.89. The van der Waals surface area contributed by atoms with Gasteiger partial charge in [-0.1, -0.05) is 34.6 Å². The standard InChI is InChI=1S/C13H28N2/c1-6-10(14)7-8-15-9-11-12(2,3)13(11,4)5/h10-11,15H,6-9,14H2,1-5H3. The van der Waals surface area contributed by atoms with Gasteiger partial charge in [-0.15, -0.1) is 0 Å². The lowest BCUT2D eigenvalue weighted by molar-refractivity contribution is 0.457. The van der Waals surface area contributed by atoms with E-state index in [1.165, 1.54) is 0 Å². The van der Waals surface area contributed by atoms with Gasteiger partial charge in [0, 0.05) is 6.04 Å². The summed E-state index contributed by atoms with van der Waals surface area (Å²) in [6.45, 7) is 13.9. The fourth-order valence-corrected chi connectivity index (χ4v) is 2.58. The second-order valence-corrected chi connectivity index (χ2v) is 6.16. The van der Waals surface area contributed by atoms with E-state index in [4.69, 9.17) is 5.73 Å². The molecule has 0 amide bonds. The predicted octanol–water partition coefficient (Wildman–Crippen LogP) is 2.39. The third-order valence-electron chi connectivity index (χ3n) is 4.88. The van der Waals surface area contributed by atoms with E-state index in [1.807, 2.05) is 0 Å². The van der Waals surface area contributed by atoms with Crippen LogP contribution in [0.5, 0.6) is 0 Å². The first-order valence-corrected chi connectivity index (χ1v) is 6.30. The zero-order valence-corrected chi connectivity index (χ0v) is 11.1. The van der Waals surface area contributed by atoms with E-state index < -0.39 is 0 Å². The molecule has 0 heterocycles. The average Bonchev–Trinajstić information content (AvgIpc) is 2.53. The van der Waals surface area contributed by atoms with Crippen LogP contribution < -0.4 is 11.1 Å². The summed E-state index contributed by atoms with van der Waals surface area (Å²) in [4.78, 5) is 0. The van der Waals surface area contributed by atoms with Crippen LogP contribution in [0.25, 0.3) is 0 Å². The molecule has 2 heteroatoms. The van der Waals surface area contributed by atoms with Crippen molar-refractivity contribution in [2.45, 2.75) is 53.5 Å². The van der Waals surface area contributed by atoms with Crippen LogP contribution in [0.4, 0.5) is 0 Å². The molecule has 0 aromatic rings. The molecule has 0 radical (unpaired) electrons. The highest BCUT2D eigenvalue weighted by Crippen LogP contribution is 2.67. The lowest BCUT2D eigenvalue weighted by atomic mass is 10.0. The summed E-state index contributed by atoms with van der Waals surface area (Å²) in [7, 11) is 0. The van der Waals surface area contributed by atoms with Gasteiger partial charge in [0.05, 0.1) is 0 Å². The highest BCUT2D eigenvalue weighted by molar-refractivity contribution is 5.12. The van der Waals surface area contributed by atoms with E-state index in [9.17, 15) is 0 Å². The Balaban J connectivity index is 2.13. The van der Waals surface area contributed by atoms with Gasteiger partial charge in [0.15, 0.2) is 0 Å². The first-order chi connectivity index (χ1) is 6.84. The van der Waals surface area contributed by atoms with Gasteiger partial charge in [0.25, 0.3) is 0 Å². The normalized spacial score (nSPS) is 25.2. The lowest BCUT2D eigenvalue weighted by Crippen LogP contribution is -2.27. The second-order valence-electron chi connectivity index (χ2n) is 6.16. The van der Waals surface area contributed by atoms with Crippen molar-refractivity contribution in [1.29, 1.82) is 0 Å². The molecular formula is C13H28N2. The van der Waals surface area contributed by atoms with Crippen molar-refractivity contribution in [3.8, 4) is 0 Å². The molecule has 1 rings (SSSR count). The zero-order chi connectivity index (χ0) is 11.7. The maximum absolute atomic E-state index is 5.87. The molecule has 1 fully saturated rings. The second kappa shape index (κ2) is 4.42. The molecule has 15 heavy (non-hydrogen) atoms. The number of hydrogen-bond donors (Lipinski definition) is 2. The molecule has 0 saturated heterocycles. The van der Waals surface area contributed by atoms with Gasteiger partial charge in [-0.3, -0.25) is 0 Å². The minimum atomic E-state index is 0.373. The van der Waals surface area contributed by atoms with Gasteiger partial charge >= 0.3 is 0 Å². The molecule has 0 bridgehead atoms. The summed E-state index contributed by atoms with van der Waals surface area (Å²) >= 11 is 0. The van der Waals surface area contributed by atoms with Crippen LogP contribution in [0.3, 0.4) is 0 Å². The zero-order valence-electron chi connectivity index (χ0n) is 11.1. The van der Waals surface area contributed by atoms with Crippen molar-refractivity contribution < 1.29 is 0 Å². The van der Waals surface area contributed by atoms with Gasteiger partial charge in [-0.2, -0.15) is 0 Å². The van der Waals surface area contributed by atoms with E-state index in [-0.39, 0.29) is 0 Å². The third kappa shape index (κ3) is 2.54. The van der Waals surface area contributed by atoms with Gasteiger partial charge < -0.3 is 11.1 Å². The van der Waals surface area contributed by atoms with Crippen molar-refractivity contribution in [3.63, 3.8) is 0 Å². The number of rotatable bonds is 6. The fraction of sp³-hybridized carbons (Fsp3) is 1.00. The Kier molecular flexibility index (Phi) is 3.83. The quantitative estimate of drug-likeness (QED) is 0.663.